The van der Waals surface area contributed by atoms with Gasteiger partial charge in [0, 0.05) is 69.3 Å². The minimum absolute atomic E-state index is 0.00520. The van der Waals surface area contributed by atoms with E-state index in [1.54, 1.807) is 24.3 Å². The van der Waals surface area contributed by atoms with Crippen LogP contribution in [0.15, 0.2) is 42.5 Å². The number of nitriles is 1. The van der Waals surface area contributed by atoms with Gasteiger partial charge in [-0.15, -0.1) is 10.2 Å². The van der Waals surface area contributed by atoms with E-state index in [1.165, 1.54) is 38.5 Å². The highest BCUT2D eigenvalue weighted by atomic mass is 16.5. The molecule has 18 nitrogen and oxygen atoms in total. The number of methoxy groups -OCH3 is 1. The molecule has 0 bridgehead atoms. The van der Waals surface area contributed by atoms with Crippen LogP contribution in [0.25, 0.3) is 0 Å². The number of aromatic hydroxyl groups is 1. The molecule has 2 aromatic carbocycles. The molecule has 368 valence electrons. The number of aromatic nitrogens is 2. The van der Waals surface area contributed by atoms with Gasteiger partial charge in [-0.25, -0.2) is 0 Å². The van der Waals surface area contributed by atoms with Crippen LogP contribution in [0.1, 0.15) is 122 Å². The lowest BCUT2D eigenvalue weighted by molar-refractivity contribution is -0.138. The van der Waals surface area contributed by atoms with Gasteiger partial charge in [0.25, 0.3) is 17.7 Å². The summed E-state index contributed by atoms with van der Waals surface area (Å²) in [7, 11) is 1.53. The summed E-state index contributed by atoms with van der Waals surface area (Å²) in [4.78, 5) is 69.9. The van der Waals surface area contributed by atoms with E-state index in [0.29, 0.717) is 61.7 Å². The van der Waals surface area contributed by atoms with E-state index < -0.39 is 29.7 Å². The summed E-state index contributed by atoms with van der Waals surface area (Å²) in [5.41, 5.74) is 0.191. The Balaban J connectivity index is 0.738. The number of benzene rings is 2. The first kappa shape index (κ1) is 49.1. The molecule has 4 fully saturated rings. The zero-order chi connectivity index (χ0) is 49.0. The van der Waals surface area contributed by atoms with Gasteiger partial charge in [-0.2, -0.15) is 5.26 Å². The molecule has 18 heteroatoms. The van der Waals surface area contributed by atoms with Crippen molar-refractivity contribution in [1.82, 2.24) is 30.6 Å². The Morgan fingerprint density at radius 1 is 0.913 bits per heavy atom. The van der Waals surface area contributed by atoms with Crippen molar-refractivity contribution >= 4 is 35.4 Å². The van der Waals surface area contributed by atoms with Gasteiger partial charge in [0.1, 0.15) is 35.1 Å². The molecule has 1 atom stereocenters. The highest BCUT2D eigenvalue weighted by Gasteiger charge is 2.62. The predicted molar refractivity (Wildman–Crippen MR) is 252 cm³/mol. The first-order chi connectivity index (χ1) is 33.1. The maximum absolute atomic E-state index is 13.5. The zero-order valence-corrected chi connectivity index (χ0v) is 40.3. The molecule has 1 aromatic heterocycles. The van der Waals surface area contributed by atoms with Gasteiger partial charge in [-0.1, -0.05) is 34.1 Å². The van der Waals surface area contributed by atoms with Crippen LogP contribution in [0.4, 0.5) is 5.82 Å². The maximum atomic E-state index is 13.5. The van der Waals surface area contributed by atoms with Crippen LogP contribution in [-0.4, -0.2) is 132 Å². The largest absolute Gasteiger partial charge is 0.508 e. The molecule has 5 amide bonds. The summed E-state index contributed by atoms with van der Waals surface area (Å²) >= 11 is 0. The van der Waals surface area contributed by atoms with Gasteiger partial charge >= 0.3 is 0 Å². The number of carbonyl (C=O) groups excluding carboxylic acids is 5. The molecule has 8 rings (SSSR count). The van der Waals surface area contributed by atoms with Crippen LogP contribution in [0.5, 0.6) is 23.0 Å². The fourth-order valence-corrected chi connectivity index (χ4v) is 11.2. The molecule has 0 spiro atoms. The smallest absolute Gasteiger partial charge is 0.272 e. The van der Waals surface area contributed by atoms with Gasteiger partial charge < -0.3 is 34.3 Å². The number of piperidine rings is 2. The number of imide groups is 2. The number of phenolic OH excluding ortho intramolecular Hbond substituents is 1. The highest BCUT2D eigenvalue weighted by molar-refractivity contribution is 6.24. The summed E-state index contributed by atoms with van der Waals surface area (Å²) in [6.45, 7) is 14.0. The van der Waals surface area contributed by atoms with Crippen molar-refractivity contribution in [3.8, 4) is 29.1 Å². The quantitative estimate of drug-likeness (QED) is 0.0969. The molecule has 4 heterocycles. The van der Waals surface area contributed by atoms with E-state index in [1.807, 2.05) is 6.07 Å². The van der Waals surface area contributed by atoms with Gasteiger partial charge in [-0.05, 0) is 92.0 Å². The summed E-state index contributed by atoms with van der Waals surface area (Å²) in [6.07, 6.45) is 7.07. The normalized spacial score (nSPS) is 22.1. The third-order valence-electron chi connectivity index (χ3n) is 15.1. The molecule has 2 aliphatic carbocycles. The Kier molecular flexibility index (Phi) is 14.8. The van der Waals surface area contributed by atoms with Crippen molar-refractivity contribution in [3.63, 3.8) is 0 Å². The molecule has 2 saturated carbocycles. The number of nitrogens with zero attached hydrogens (tertiary/aromatic N) is 6. The van der Waals surface area contributed by atoms with Gasteiger partial charge in [-0.3, -0.25) is 39.1 Å². The van der Waals surface area contributed by atoms with Crippen molar-refractivity contribution < 1.29 is 48.0 Å². The average Bonchev–Trinajstić information content (AvgIpc) is 3.55. The van der Waals surface area contributed by atoms with Crippen LogP contribution in [0.2, 0.25) is 0 Å². The first-order valence-corrected chi connectivity index (χ1v) is 24.2. The van der Waals surface area contributed by atoms with Crippen molar-refractivity contribution in [3.05, 3.63) is 64.8 Å². The molecule has 69 heavy (non-hydrogen) atoms. The number of hydrogen-bond donors (Lipinski definition) is 3. The lowest BCUT2D eigenvalue weighted by atomic mass is 9.44. The Morgan fingerprint density at radius 3 is 2.33 bits per heavy atom. The number of hydrogen-bond acceptors (Lipinski definition) is 15. The lowest BCUT2D eigenvalue weighted by Gasteiger charge is -2.64. The number of amides is 5. The molecular formula is C51H64N8O10. The van der Waals surface area contributed by atoms with E-state index in [9.17, 15) is 34.3 Å². The van der Waals surface area contributed by atoms with Crippen molar-refractivity contribution in [2.45, 2.75) is 104 Å². The number of carbonyl (C=O) groups is 5. The molecule has 3 N–H and O–H groups in total. The zero-order valence-electron chi connectivity index (χ0n) is 40.3. The Hall–Kier alpha value is -6.32. The second kappa shape index (κ2) is 20.7. The average molecular weight is 949 g/mol. The van der Waals surface area contributed by atoms with Crippen LogP contribution >= 0.6 is 0 Å². The Morgan fingerprint density at radius 2 is 1.67 bits per heavy atom. The Bertz CT molecular complexity index is 2440. The molecule has 0 radical (unpaired) electrons. The topological polar surface area (TPSA) is 226 Å². The lowest BCUT2D eigenvalue weighted by Crippen LogP contribution is -2.71. The SMILES string of the molecule is COc1cc(OCC2C(C)(C)C(NC(=O)c3ccc(N4CCC(CN(CCOCCCCOc5cc(O)cc6c5C(=O)N(C5CCC(=O)NC5=O)C6=O)C5CCC5)CC4)nn3)C2(C)C)ccc1C#N. The molecule has 2 saturated heterocycles. The predicted octanol–water partition coefficient (Wildman–Crippen LogP) is 5.27. The van der Waals surface area contributed by atoms with Gasteiger partial charge in [0.15, 0.2) is 11.5 Å². The number of ether oxygens (including phenoxy) is 4. The van der Waals surface area contributed by atoms with Crippen molar-refractivity contribution in [1.29, 1.82) is 5.26 Å². The summed E-state index contributed by atoms with van der Waals surface area (Å²) < 4.78 is 23.5. The third kappa shape index (κ3) is 10.4. The van der Waals surface area contributed by atoms with E-state index in [-0.39, 0.29) is 76.5 Å². The highest BCUT2D eigenvalue weighted by Crippen LogP contribution is 2.59. The minimum atomic E-state index is -1.11. The summed E-state index contributed by atoms with van der Waals surface area (Å²) in [6, 6.07) is 12.8. The van der Waals surface area contributed by atoms with Crippen molar-refractivity contribution in [2.75, 3.05) is 64.6 Å². The monoisotopic (exact) mass is 948 g/mol. The van der Waals surface area contributed by atoms with Crippen LogP contribution in [-0.2, 0) is 14.3 Å². The fraction of sp³-hybridized carbons (Fsp3) is 0.569. The molecule has 3 aliphatic heterocycles. The second-order valence-corrected chi connectivity index (χ2v) is 20.2. The van der Waals surface area contributed by atoms with Gasteiger partial charge in [0.05, 0.1) is 43.6 Å². The van der Waals surface area contributed by atoms with Crippen molar-refractivity contribution in [2.24, 2.45) is 22.7 Å². The number of rotatable bonds is 20. The first-order valence-electron chi connectivity index (χ1n) is 24.2. The summed E-state index contributed by atoms with van der Waals surface area (Å²) in [5.74, 6) is -0.403. The number of phenols is 1. The Labute approximate surface area is 403 Å². The number of anilines is 1. The number of nitrogens with one attached hydrogen (secondary N) is 2. The maximum Gasteiger partial charge on any atom is 0.272 e. The third-order valence-corrected chi connectivity index (χ3v) is 15.1. The standard InChI is InChI=1S/C51H64N8O10/c1-50(2)41(30-69-35-12-11-32(28-52)39(27-35)66-5)51(3,4)49(50)54-45(62)37-13-15-42(56-55-37)57-19-17-31(18-20-57)29-58(33-9-8-10-33)21-24-67-22-6-7-23-68-40-26-34(60)25-36-44(40)48(65)59(47(36)64)38-14-16-43(61)53-46(38)63/h11-13,15,25-27,31,33,38,41,49,60H,6-10,14,16-24,29-30H2,1-5H3,(H,54,62)(H,53,61,63). The number of unbranched alkanes of at least 4 members (excludes halogenated alkanes) is 1. The van der Waals surface area contributed by atoms with E-state index in [0.717, 1.165) is 49.7 Å². The van der Waals surface area contributed by atoms with E-state index >= 15 is 0 Å². The van der Waals surface area contributed by atoms with E-state index in [2.05, 4.69) is 64.4 Å². The minimum Gasteiger partial charge on any atom is -0.508 e. The number of fused-ring (bicyclic) bond motifs is 1. The summed E-state index contributed by atoms with van der Waals surface area (Å²) in [5, 5.41) is 33.9. The molecule has 5 aliphatic rings. The molecule has 3 aromatic rings. The van der Waals surface area contributed by atoms with Gasteiger partial charge in [0.2, 0.25) is 11.8 Å². The molecular weight excluding hydrogens is 885 g/mol. The van der Waals surface area contributed by atoms with Crippen LogP contribution in [0.3, 0.4) is 0 Å². The van der Waals surface area contributed by atoms with E-state index in [4.69, 9.17) is 18.9 Å². The molecule has 1 unspecified atom stereocenters. The van der Waals surface area contributed by atoms with Crippen LogP contribution < -0.4 is 29.7 Å². The fourth-order valence-electron chi connectivity index (χ4n) is 11.2. The second-order valence-electron chi connectivity index (χ2n) is 20.2. The van der Waals surface area contributed by atoms with Crippen LogP contribution in [0, 0.1) is 34.0 Å².